The molecule has 0 fully saturated rings. The molecule has 26 heavy (non-hydrogen) atoms. The minimum atomic E-state index is -0.518. The van der Waals surface area contributed by atoms with Crippen molar-refractivity contribution in [3.8, 4) is 0 Å². The molecule has 0 saturated heterocycles. The molecule has 0 unspecified atom stereocenters. The fraction of sp³-hybridized carbons (Fsp3) is 0.211. The first kappa shape index (κ1) is 17.5. The third-order valence-electron chi connectivity index (χ3n) is 4.07. The summed E-state index contributed by atoms with van der Waals surface area (Å²) in [4.78, 5) is 36.2. The molecule has 1 amide bonds. The van der Waals surface area contributed by atoms with Gasteiger partial charge in [0.2, 0.25) is 5.91 Å². The summed E-state index contributed by atoms with van der Waals surface area (Å²) < 4.78 is 11.3. The number of para-hydroxylation sites is 2. The summed E-state index contributed by atoms with van der Waals surface area (Å²) in [7, 11) is 1.29. The number of hydrogen-bond donors (Lipinski definition) is 1. The lowest BCUT2D eigenvalue weighted by Gasteiger charge is -2.12. The molecule has 0 radical (unpaired) electrons. The number of esters is 1. The molecular formula is C19H18N2O5. The number of methoxy groups -OCH3 is 1. The van der Waals surface area contributed by atoms with Crippen LogP contribution in [-0.4, -0.2) is 23.6 Å². The molecule has 0 saturated carbocycles. The summed E-state index contributed by atoms with van der Waals surface area (Å²) >= 11 is 0. The van der Waals surface area contributed by atoms with E-state index < -0.39 is 11.7 Å². The van der Waals surface area contributed by atoms with Gasteiger partial charge in [0.25, 0.3) is 0 Å². The van der Waals surface area contributed by atoms with E-state index in [-0.39, 0.29) is 18.9 Å². The maximum Gasteiger partial charge on any atom is 0.419 e. The topological polar surface area (TPSA) is 90.5 Å². The Morgan fingerprint density at radius 3 is 2.69 bits per heavy atom. The Morgan fingerprint density at radius 2 is 1.92 bits per heavy atom. The first-order chi connectivity index (χ1) is 12.5. The third kappa shape index (κ3) is 3.37. The molecule has 3 rings (SSSR count). The van der Waals surface area contributed by atoms with Crippen molar-refractivity contribution in [1.82, 2.24) is 4.57 Å². The number of amides is 1. The molecule has 0 spiro atoms. The number of aryl methyl sites for hydroxylation is 2. The SMILES string of the molecule is COC(=O)c1c(C)cccc1NC(=O)CCn1c(=O)oc2ccccc21. The van der Waals surface area contributed by atoms with Gasteiger partial charge in [0, 0.05) is 13.0 Å². The van der Waals surface area contributed by atoms with Gasteiger partial charge in [-0.3, -0.25) is 9.36 Å². The van der Waals surface area contributed by atoms with Crippen molar-refractivity contribution in [3.63, 3.8) is 0 Å². The standard InChI is InChI=1S/C19H18N2O5/c1-12-6-5-7-13(17(12)18(23)25-2)20-16(22)10-11-21-14-8-3-4-9-15(14)26-19(21)24/h3-9H,10-11H2,1-2H3,(H,20,22). The lowest BCUT2D eigenvalue weighted by Crippen LogP contribution is -2.21. The number of benzene rings is 2. The Hall–Kier alpha value is -3.35. The summed E-state index contributed by atoms with van der Waals surface area (Å²) in [6, 6.07) is 12.2. The minimum absolute atomic E-state index is 0.0536. The molecule has 0 bridgehead atoms. The van der Waals surface area contributed by atoms with Crippen LogP contribution in [0.5, 0.6) is 0 Å². The maximum absolute atomic E-state index is 12.3. The highest BCUT2D eigenvalue weighted by Gasteiger charge is 2.17. The Balaban J connectivity index is 1.76. The number of oxazole rings is 1. The number of nitrogens with one attached hydrogen (secondary N) is 1. The Kier molecular flexibility index (Phi) is 4.88. The van der Waals surface area contributed by atoms with Crippen molar-refractivity contribution in [2.24, 2.45) is 0 Å². The normalized spacial score (nSPS) is 10.7. The predicted molar refractivity (Wildman–Crippen MR) is 96.2 cm³/mol. The molecule has 2 aromatic carbocycles. The van der Waals surface area contributed by atoms with Crippen LogP contribution in [0.1, 0.15) is 22.3 Å². The molecule has 134 valence electrons. The number of aromatic nitrogens is 1. The van der Waals surface area contributed by atoms with Crippen LogP contribution >= 0.6 is 0 Å². The second-order valence-electron chi connectivity index (χ2n) is 5.77. The lowest BCUT2D eigenvalue weighted by molar-refractivity contribution is -0.116. The largest absolute Gasteiger partial charge is 0.465 e. The number of carbonyl (C=O) groups excluding carboxylic acids is 2. The van der Waals surface area contributed by atoms with E-state index in [1.54, 1.807) is 49.4 Å². The van der Waals surface area contributed by atoms with E-state index in [0.29, 0.717) is 27.9 Å². The van der Waals surface area contributed by atoms with Crippen molar-refractivity contribution in [2.45, 2.75) is 19.9 Å². The van der Waals surface area contributed by atoms with Crippen LogP contribution in [0.2, 0.25) is 0 Å². The van der Waals surface area contributed by atoms with Gasteiger partial charge in [-0.25, -0.2) is 9.59 Å². The van der Waals surface area contributed by atoms with Crippen molar-refractivity contribution >= 4 is 28.7 Å². The number of ether oxygens (including phenoxy) is 1. The number of rotatable bonds is 5. The lowest BCUT2D eigenvalue weighted by atomic mass is 10.1. The van der Waals surface area contributed by atoms with E-state index in [4.69, 9.17) is 9.15 Å². The molecule has 1 N–H and O–H groups in total. The molecule has 1 aromatic heterocycles. The number of anilines is 1. The molecule has 0 atom stereocenters. The molecule has 0 aliphatic rings. The van der Waals surface area contributed by atoms with Crippen LogP contribution in [0, 0.1) is 6.92 Å². The predicted octanol–water partition coefficient (Wildman–Crippen LogP) is 2.72. The smallest absolute Gasteiger partial charge is 0.419 e. The highest BCUT2D eigenvalue weighted by atomic mass is 16.5. The van der Waals surface area contributed by atoms with Gasteiger partial charge >= 0.3 is 11.7 Å². The molecule has 1 heterocycles. The molecule has 7 heteroatoms. The Bertz CT molecular complexity index is 1030. The Labute approximate surface area is 149 Å². The van der Waals surface area contributed by atoms with Crippen molar-refractivity contribution in [3.05, 3.63) is 64.1 Å². The van der Waals surface area contributed by atoms with Gasteiger partial charge in [-0.15, -0.1) is 0 Å². The van der Waals surface area contributed by atoms with Gasteiger partial charge in [0.15, 0.2) is 5.58 Å². The van der Waals surface area contributed by atoms with Gasteiger partial charge in [-0.2, -0.15) is 0 Å². The summed E-state index contributed by atoms with van der Waals surface area (Å²) in [6.07, 6.45) is 0.0536. The zero-order valence-corrected chi connectivity index (χ0v) is 14.4. The van der Waals surface area contributed by atoms with Crippen LogP contribution in [0.25, 0.3) is 11.1 Å². The summed E-state index contributed by atoms with van der Waals surface area (Å²) in [5.41, 5.74) is 2.51. The van der Waals surface area contributed by atoms with Crippen LogP contribution in [0.15, 0.2) is 51.7 Å². The second kappa shape index (κ2) is 7.26. The molecular weight excluding hydrogens is 336 g/mol. The maximum atomic E-state index is 12.3. The van der Waals surface area contributed by atoms with E-state index >= 15 is 0 Å². The van der Waals surface area contributed by atoms with Crippen LogP contribution in [0.3, 0.4) is 0 Å². The zero-order chi connectivity index (χ0) is 18.7. The zero-order valence-electron chi connectivity index (χ0n) is 14.4. The quantitative estimate of drug-likeness (QED) is 0.712. The summed E-state index contributed by atoms with van der Waals surface area (Å²) in [5.74, 6) is -1.35. The van der Waals surface area contributed by atoms with Crippen LogP contribution in [0.4, 0.5) is 5.69 Å². The minimum Gasteiger partial charge on any atom is -0.465 e. The number of nitrogens with zero attached hydrogens (tertiary/aromatic N) is 1. The van der Waals surface area contributed by atoms with Gasteiger partial charge in [-0.05, 0) is 30.7 Å². The summed E-state index contributed by atoms with van der Waals surface area (Å²) in [6.45, 7) is 1.93. The second-order valence-corrected chi connectivity index (χ2v) is 5.77. The molecule has 3 aromatic rings. The van der Waals surface area contributed by atoms with Crippen LogP contribution in [-0.2, 0) is 16.1 Å². The third-order valence-corrected chi connectivity index (χ3v) is 4.07. The van der Waals surface area contributed by atoms with Crippen molar-refractivity contribution in [1.29, 1.82) is 0 Å². The van der Waals surface area contributed by atoms with Crippen molar-refractivity contribution < 1.29 is 18.7 Å². The number of hydrogen-bond acceptors (Lipinski definition) is 5. The van der Waals surface area contributed by atoms with Crippen molar-refractivity contribution in [2.75, 3.05) is 12.4 Å². The summed E-state index contributed by atoms with van der Waals surface area (Å²) in [5, 5.41) is 2.71. The van der Waals surface area contributed by atoms with Gasteiger partial charge in [0.05, 0.1) is 23.9 Å². The fourth-order valence-electron chi connectivity index (χ4n) is 2.80. The van der Waals surface area contributed by atoms with E-state index in [1.807, 2.05) is 0 Å². The average Bonchev–Trinajstić information content (AvgIpc) is 2.94. The van der Waals surface area contributed by atoms with Crippen LogP contribution < -0.4 is 11.1 Å². The number of carbonyl (C=O) groups is 2. The average molecular weight is 354 g/mol. The monoisotopic (exact) mass is 354 g/mol. The number of fused-ring (bicyclic) bond motifs is 1. The van der Waals surface area contributed by atoms with E-state index in [0.717, 1.165) is 0 Å². The Morgan fingerprint density at radius 1 is 1.15 bits per heavy atom. The molecule has 0 aliphatic carbocycles. The van der Waals surface area contributed by atoms with E-state index in [2.05, 4.69) is 5.32 Å². The first-order valence-corrected chi connectivity index (χ1v) is 8.07. The van der Waals surface area contributed by atoms with Gasteiger partial charge in [0.1, 0.15) is 0 Å². The molecule has 0 aliphatic heterocycles. The fourth-order valence-corrected chi connectivity index (χ4v) is 2.80. The highest BCUT2D eigenvalue weighted by Crippen LogP contribution is 2.21. The highest BCUT2D eigenvalue weighted by molar-refractivity contribution is 6.02. The van der Waals surface area contributed by atoms with E-state index in [1.165, 1.54) is 11.7 Å². The van der Waals surface area contributed by atoms with Gasteiger partial charge < -0.3 is 14.5 Å². The van der Waals surface area contributed by atoms with E-state index in [9.17, 15) is 14.4 Å². The van der Waals surface area contributed by atoms with Gasteiger partial charge in [-0.1, -0.05) is 24.3 Å². The molecule has 7 nitrogen and oxygen atoms in total. The first-order valence-electron chi connectivity index (χ1n) is 8.07.